The van der Waals surface area contributed by atoms with Crippen LogP contribution in [0, 0.1) is 5.92 Å². The van der Waals surface area contributed by atoms with E-state index in [1.54, 1.807) is 0 Å². The van der Waals surface area contributed by atoms with Crippen LogP contribution in [0.5, 0.6) is 0 Å². The Morgan fingerprint density at radius 1 is 1.43 bits per heavy atom. The second kappa shape index (κ2) is 5.75. The summed E-state index contributed by atoms with van der Waals surface area (Å²) in [6, 6.07) is 0.362. The van der Waals surface area contributed by atoms with Gasteiger partial charge >= 0.3 is 0 Å². The topological polar surface area (TPSA) is 62.5 Å². The Balaban J connectivity index is 1.61. The molecule has 0 N–H and O–H groups in total. The number of amides is 1. The van der Waals surface area contributed by atoms with Gasteiger partial charge in [-0.3, -0.25) is 9.69 Å². The summed E-state index contributed by atoms with van der Waals surface area (Å²) in [6.45, 7) is 8.78. The number of hydrogen-bond donors (Lipinski definition) is 0. The molecular formula is C15H24N4O2. The molecular weight excluding hydrogens is 268 g/mol. The molecule has 1 saturated heterocycles. The Labute approximate surface area is 125 Å². The largest absolute Gasteiger partial charge is 0.338 e. The second-order valence-electron chi connectivity index (χ2n) is 6.23. The molecule has 6 nitrogen and oxygen atoms in total. The average Bonchev–Trinajstić information content (AvgIpc) is 3.23. The zero-order valence-electron chi connectivity index (χ0n) is 13.1. The number of carbonyl (C=O) groups excluding carboxylic acids is 1. The predicted octanol–water partition coefficient (Wildman–Crippen LogP) is 1.64. The normalized spacial score (nSPS) is 25.1. The summed E-state index contributed by atoms with van der Waals surface area (Å²) in [5.74, 6) is 2.09. The molecule has 3 rings (SSSR count). The molecule has 6 heteroatoms. The minimum absolute atomic E-state index is 0.110. The first kappa shape index (κ1) is 14.5. The smallest absolute Gasteiger partial charge is 0.243 e. The highest BCUT2D eigenvalue weighted by Gasteiger charge is 2.38. The number of aromatic nitrogens is 2. The first-order chi connectivity index (χ1) is 10.1. The third-order valence-electron chi connectivity index (χ3n) is 4.57. The molecule has 1 aliphatic heterocycles. The fraction of sp³-hybridized carbons (Fsp3) is 0.800. The van der Waals surface area contributed by atoms with Crippen LogP contribution in [0.3, 0.4) is 0 Å². The summed E-state index contributed by atoms with van der Waals surface area (Å²) in [4.78, 5) is 21.0. The van der Waals surface area contributed by atoms with Crippen molar-refractivity contribution in [1.29, 1.82) is 0 Å². The zero-order valence-corrected chi connectivity index (χ0v) is 13.1. The molecule has 1 aromatic rings. The maximum atomic E-state index is 12.2. The summed E-state index contributed by atoms with van der Waals surface area (Å²) >= 11 is 0. The minimum Gasteiger partial charge on any atom is -0.338 e. The molecule has 116 valence electrons. The van der Waals surface area contributed by atoms with Gasteiger partial charge in [0.05, 0.1) is 6.04 Å². The van der Waals surface area contributed by atoms with Gasteiger partial charge in [-0.05, 0) is 26.7 Å². The van der Waals surface area contributed by atoms with Crippen molar-refractivity contribution in [3.63, 3.8) is 0 Å². The maximum absolute atomic E-state index is 12.2. The number of nitrogens with zero attached hydrogens (tertiary/aromatic N) is 4. The fourth-order valence-corrected chi connectivity index (χ4v) is 2.97. The molecule has 0 spiro atoms. The van der Waals surface area contributed by atoms with Crippen LogP contribution in [-0.4, -0.2) is 51.5 Å². The molecule has 1 aliphatic carbocycles. The van der Waals surface area contributed by atoms with Crippen molar-refractivity contribution < 1.29 is 9.32 Å². The Morgan fingerprint density at radius 2 is 2.19 bits per heavy atom. The quantitative estimate of drug-likeness (QED) is 0.844. The lowest BCUT2D eigenvalue weighted by molar-refractivity contribution is -0.137. The minimum atomic E-state index is 0.110. The average molecular weight is 292 g/mol. The van der Waals surface area contributed by atoms with Gasteiger partial charge in [0, 0.05) is 38.0 Å². The molecule has 2 aliphatic rings. The van der Waals surface area contributed by atoms with E-state index in [2.05, 4.69) is 28.9 Å². The summed E-state index contributed by atoms with van der Waals surface area (Å²) in [7, 11) is 0. The Hall–Kier alpha value is -1.43. The van der Waals surface area contributed by atoms with E-state index in [-0.39, 0.29) is 12.1 Å². The van der Waals surface area contributed by atoms with E-state index in [4.69, 9.17) is 4.52 Å². The number of rotatable bonds is 4. The van der Waals surface area contributed by atoms with E-state index in [9.17, 15) is 4.79 Å². The highest BCUT2D eigenvalue weighted by molar-refractivity contribution is 5.81. The van der Waals surface area contributed by atoms with Crippen LogP contribution in [0.15, 0.2) is 4.52 Å². The van der Waals surface area contributed by atoms with Gasteiger partial charge in [0.25, 0.3) is 0 Å². The molecule has 2 fully saturated rings. The number of aryl methyl sites for hydroxylation is 1. The molecule has 0 aromatic carbocycles. The molecule has 2 heterocycles. The van der Waals surface area contributed by atoms with Gasteiger partial charge in [-0.15, -0.1) is 0 Å². The Morgan fingerprint density at radius 3 is 2.76 bits per heavy atom. The van der Waals surface area contributed by atoms with Gasteiger partial charge in [-0.1, -0.05) is 12.1 Å². The van der Waals surface area contributed by atoms with E-state index in [0.29, 0.717) is 17.7 Å². The fourth-order valence-electron chi connectivity index (χ4n) is 2.97. The second-order valence-corrected chi connectivity index (χ2v) is 6.23. The van der Waals surface area contributed by atoms with Gasteiger partial charge in [-0.2, -0.15) is 4.98 Å². The molecule has 21 heavy (non-hydrogen) atoms. The van der Waals surface area contributed by atoms with Gasteiger partial charge in [0.1, 0.15) is 0 Å². The Kier molecular flexibility index (Phi) is 3.97. The summed E-state index contributed by atoms with van der Waals surface area (Å²) < 4.78 is 5.34. The van der Waals surface area contributed by atoms with Gasteiger partial charge in [-0.25, -0.2) is 0 Å². The molecule has 1 amide bonds. The van der Waals surface area contributed by atoms with Crippen molar-refractivity contribution in [3.05, 3.63) is 11.7 Å². The van der Waals surface area contributed by atoms with Crippen LogP contribution < -0.4 is 0 Å². The monoisotopic (exact) mass is 292 g/mol. The predicted molar refractivity (Wildman–Crippen MR) is 77.6 cm³/mol. The molecule has 1 unspecified atom stereocenters. The molecule has 0 radical (unpaired) electrons. The van der Waals surface area contributed by atoms with Crippen molar-refractivity contribution in [2.24, 2.45) is 5.92 Å². The van der Waals surface area contributed by atoms with Crippen molar-refractivity contribution in [2.75, 3.05) is 19.6 Å². The van der Waals surface area contributed by atoms with Crippen LogP contribution in [0.4, 0.5) is 0 Å². The van der Waals surface area contributed by atoms with E-state index < -0.39 is 0 Å². The summed E-state index contributed by atoms with van der Waals surface area (Å²) in [6.07, 6.45) is 2.93. The van der Waals surface area contributed by atoms with Crippen molar-refractivity contribution in [1.82, 2.24) is 19.9 Å². The summed E-state index contributed by atoms with van der Waals surface area (Å²) in [5.41, 5.74) is 0. The van der Waals surface area contributed by atoms with Gasteiger partial charge < -0.3 is 9.42 Å². The number of hydrogen-bond acceptors (Lipinski definition) is 5. The van der Waals surface area contributed by atoms with Crippen molar-refractivity contribution in [2.45, 2.75) is 52.1 Å². The van der Waals surface area contributed by atoms with Crippen LogP contribution in [0.2, 0.25) is 0 Å². The van der Waals surface area contributed by atoms with Gasteiger partial charge in [0.15, 0.2) is 5.82 Å². The van der Waals surface area contributed by atoms with Gasteiger partial charge in [0.2, 0.25) is 11.8 Å². The molecule has 1 aromatic heterocycles. The van der Waals surface area contributed by atoms with Crippen molar-refractivity contribution in [3.8, 4) is 0 Å². The Bertz CT molecular complexity index is 512. The molecule has 0 bridgehead atoms. The lowest BCUT2D eigenvalue weighted by Crippen LogP contribution is -2.54. The summed E-state index contributed by atoms with van der Waals surface area (Å²) in [5, 5.41) is 3.97. The third kappa shape index (κ3) is 2.95. The van der Waals surface area contributed by atoms with Crippen LogP contribution in [0.25, 0.3) is 0 Å². The first-order valence-corrected chi connectivity index (χ1v) is 7.97. The van der Waals surface area contributed by atoms with Crippen LogP contribution >= 0.6 is 0 Å². The van der Waals surface area contributed by atoms with Crippen LogP contribution in [0.1, 0.15) is 51.4 Å². The standard InChI is InChI=1S/C15H24N4O2/c1-4-13-16-14(21-17-13)11(3)18-7-8-19(10(2)9-18)15(20)12-5-6-12/h10-12H,4-9H2,1-3H3/t10-,11?/m0/s1. The zero-order chi connectivity index (χ0) is 15.0. The number of piperazine rings is 1. The highest BCUT2D eigenvalue weighted by atomic mass is 16.5. The number of carbonyl (C=O) groups is 1. The van der Waals surface area contributed by atoms with Crippen LogP contribution in [-0.2, 0) is 11.2 Å². The third-order valence-corrected chi connectivity index (χ3v) is 4.57. The molecule has 2 atom stereocenters. The van der Waals surface area contributed by atoms with E-state index in [0.717, 1.165) is 44.7 Å². The van der Waals surface area contributed by atoms with E-state index >= 15 is 0 Å². The first-order valence-electron chi connectivity index (χ1n) is 7.97. The SMILES string of the molecule is CCc1noc(C(C)N2CCN(C(=O)C3CC3)[C@@H](C)C2)n1. The lowest BCUT2D eigenvalue weighted by atomic mass is 10.1. The highest BCUT2D eigenvalue weighted by Crippen LogP contribution is 2.33. The molecule has 1 saturated carbocycles. The van der Waals surface area contributed by atoms with E-state index in [1.165, 1.54) is 0 Å². The lowest BCUT2D eigenvalue weighted by Gasteiger charge is -2.41. The van der Waals surface area contributed by atoms with E-state index in [1.807, 2.05) is 11.8 Å². The van der Waals surface area contributed by atoms with Crippen molar-refractivity contribution >= 4 is 5.91 Å². The maximum Gasteiger partial charge on any atom is 0.243 e.